The molecule has 6 N–H and O–H groups in total. The molecule has 6 aromatic rings. The number of rotatable bonds is 21. The van der Waals surface area contributed by atoms with E-state index in [0.29, 0.717) is 86.4 Å². The van der Waals surface area contributed by atoms with Crippen LogP contribution in [-0.4, -0.2) is 107 Å². The van der Waals surface area contributed by atoms with E-state index < -0.39 is 16.8 Å². The second-order valence-electron chi connectivity index (χ2n) is 19.2. The molecule has 0 aliphatic heterocycles. The third-order valence-corrected chi connectivity index (χ3v) is 12.9. The molecular formula is C61H74F3IN6O6. The number of hydrogen-bond acceptors (Lipinski definition) is 9. The highest BCUT2D eigenvalue weighted by Gasteiger charge is 2.36. The van der Waals surface area contributed by atoms with E-state index in [4.69, 9.17) is 19.7 Å². The molecule has 0 aromatic heterocycles. The van der Waals surface area contributed by atoms with Crippen molar-refractivity contribution < 1.29 is 43.8 Å². The maximum Gasteiger partial charge on any atom is 0.187 e. The van der Waals surface area contributed by atoms with Crippen LogP contribution in [0.1, 0.15) is 96.0 Å². The molecule has 16 heteroatoms. The number of halogens is 4. The minimum atomic E-state index is -1.36. The van der Waals surface area contributed by atoms with Gasteiger partial charge >= 0.3 is 0 Å². The molecule has 0 amide bonds. The molecule has 0 heterocycles. The van der Waals surface area contributed by atoms with Crippen LogP contribution in [0.25, 0.3) is 14.5 Å². The van der Waals surface area contributed by atoms with Crippen LogP contribution in [-0.2, 0) is 36.6 Å². The number of hydrogen-bond donors (Lipinski definition) is 6. The fourth-order valence-electron chi connectivity index (χ4n) is 8.99. The highest BCUT2D eigenvalue weighted by atomic mass is 127. The van der Waals surface area contributed by atoms with Crippen LogP contribution < -0.4 is 0 Å². The first kappa shape index (κ1) is 67.1. The van der Waals surface area contributed by atoms with Gasteiger partial charge in [-0.3, -0.25) is 0 Å². The van der Waals surface area contributed by atoms with Gasteiger partial charge in [-0.25, -0.2) is 27.7 Å². The highest BCUT2D eigenvalue weighted by molar-refractivity contribution is 14.0. The Bertz CT molecular complexity index is 2580. The van der Waals surface area contributed by atoms with Gasteiger partial charge in [0.2, 0.25) is 0 Å². The number of nitrogens with zero attached hydrogens (tertiary/aromatic N) is 6. The minimum absolute atomic E-state index is 0. The zero-order chi connectivity index (χ0) is 55.3. The quantitative estimate of drug-likeness (QED) is 0.0307. The van der Waals surface area contributed by atoms with Crippen molar-refractivity contribution >= 4 is 41.0 Å². The van der Waals surface area contributed by atoms with E-state index in [1.54, 1.807) is 91.0 Å². The van der Waals surface area contributed by atoms with Gasteiger partial charge in [-0.15, -0.1) is 24.0 Å². The van der Waals surface area contributed by atoms with Crippen LogP contribution in [0.5, 0.6) is 0 Å². The summed E-state index contributed by atoms with van der Waals surface area (Å²) in [6.07, 6.45) is 3.41. The van der Waals surface area contributed by atoms with Crippen LogP contribution in [0.4, 0.5) is 30.2 Å². The largest absolute Gasteiger partial charge is 0.392 e. The van der Waals surface area contributed by atoms with Crippen LogP contribution >= 0.6 is 24.0 Å². The van der Waals surface area contributed by atoms with Crippen molar-refractivity contribution in [1.29, 1.82) is 0 Å². The van der Waals surface area contributed by atoms with E-state index in [9.17, 15) is 43.8 Å². The van der Waals surface area contributed by atoms with E-state index in [0.717, 1.165) is 38.9 Å². The van der Waals surface area contributed by atoms with Crippen LogP contribution in [0.15, 0.2) is 127 Å². The third kappa shape index (κ3) is 18.6. The standard InChI is InChI=1S/3C20H23FN2O2.CH4.HI/c3*1-22-18-9-10-19(15(13-18)14-24)20(25,11-4-12-23(2)3)16-5-7-17(21)8-6-16;;/h3*5-10,13,24-25H,4,11-12,14H2,2-3H3;1H4;1H/t2*20-;;;/m00.../s1. The van der Waals surface area contributed by atoms with E-state index in [2.05, 4.69) is 14.5 Å². The minimum Gasteiger partial charge on any atom is -0.392 e. The average molecular weight is 1170 g/mol. The molecule has 0 saturated carbocycles. The monoisotopic (exact) mass is 1170 g/mol. The average Bonchev–Trinajstić information content (AvgIpc) is 3.40. The fourth-order valence-corrected chi connectivity index (χ4v) is 8.99. The van der Waals surface area contributed by atoms with Gasteiger partial charge in [0, 0.05) is 0 Å². The summed E-state index contributed by atoms with van der Waals surface area (Å²) in [7, 11) is 11.8. The Morgan fingerprint density at radius 3 is 0.805 bits per heavy atom. The molecule has 0 saturated heterocycles. The van der Waals surface area contributed by atoms with Gasteiger partial charge in [0.1, 0.15) is 34.3 Å². The summed E-state index contributed by atoms with van der Waals surface area (Å²) in [5.41, 5.74) is 2.00. The summed E-state index contributed by atoms with van der Waals surface area (Å²) in [5, 5.41) is 63.7. The lowest BCUT2D eigenvalue weighted by Gasteiger charge is -2.32. The Kier molecular flexibility index (Phi) is 27.9. The zero-order valence-corrected chi connectivity index (χ0v) is 46.3. The summed E-state index contributed by atoms with van der Waals surface area (Å²) in [6, 6.07) is 32.0. The molecule has 0 aliphatic rings. The van der Waals surface area contributed by atoms with E-state index in [1.807, 2.05) is 57.0 Å². The second-order valence-corrected chi connectivity index (χ2v) is 19.2. The van der Waals surface area contributed by atoms with Crippen molar-refractivity contribution in [3.05, 3.63) is 229 Å². The van der Waals surface area contributed by atoms with Crippen LogP contribution in [0.2, 0.25) is 0 Å². The molecule has 77 heavy (non-hydrogen) atoms. The van der Waals surface area contributed by atoms with Gasteiger partial charge in [0.25, 0.3) is 0 Å². The van der Waals surface area contributed by atoms with Crippen LogP contribution in [0, 0.1) is 37.2 Å². The van der Waals surface area contributed by atoms with Gasteiger partial charge in [-0.05, 0) is 187 Å². The first-order chi connectivity index (χ1) is 35.7. The Morgan fingerprint density at radius 2 is 0.623 bits per heavy atom. The van der Waals surface area contributed by atoms with E-state index >= 15 is 0 Å². The first-order valence-corrected chi connectivity index (χ1v) is 24.5. The molecule has 1 unspecified atom stereocenters. The van der Waals surface area contributed by atoms with Crippen molar-refractivity contribution in [3.63, 3.8) is 0 Å². The summed E-state index contributed by atoms with van der Waals surface area (Å²) in [6.45, 7) is 22.9. The number of benzene rings is 6. The lowest BCUT2D eigenvalue weighted by atomic mass is 9.80. The lowest BCUT2D eigenvalue weighted by Crippen LogP contribution is -2.30. The number of aliphatic hydroxyl groups is 6. The Hall–Kier alpha value is -6.05. The van der Waals surface area contributed by atoms with Crippen LogP contribution in [0.3, 0.4) is 0 Å². The van der Waals surface area contributed by atoms with E-state index in [-0.39, 0.29) is 68.7 Å². The Balaban J connectivity index is 0.000000390. The Labute approximate surface area is 470 Å². The van der Waals surface area contributed by atoms with Crippen molar-refractivity contribution in [2.24, 2.45) is 0 Å². The van der Waals surface area contributed by atoms with E-state index in [1.165, 1.54) is 36.4 Å². The molecular weight excluding hydrogens is 1100 g/mol. The first-order valence-electron chi connectivity index (χ1n) is 24.5. The van der Waals surface area contributed by atoms with Crippen molar-refractivity contribution in [2.45, 2.75) is 82.6 Å². The molecule has 3 atom stereocenters. The van der Waals surface area contributed by atoms with Crippen molar-refractivity contribution in [3.8, 4) is 0 Å². The summed E-state index contributed by atoms with van der Waals surface area (Å²) < 4.78 is 40.0. The fraction of sp³-hybridized carbons (Fsp3) is 0.361. The maximum atomic E-state index is 13.3. The molecule has 6 aromatic carbocycles. The third-order valence-electron chi connectivity index (χ3n) is 12.9. The van der Waals surface area contributed by atoms with Gasteiger partial charge in [-0.2, -0.15) is 0 Å². The highest BCUT2D eigenvalue weighted by Crippen LogP contribution is 2.41. The Morgan fingerprint density at radius 1 is 0.403 bits per heavy atom. The van der Waals surface area contributed by atoms with Crippen molar-refractivity contribution in [1.82, 2.24) is 14.7 Å². The van der Waals surface area contributed by atoms with Crippen molar-refractivity contribution in [2.75, 3.05) is 61.9 Å². The van der Waals surface area contributed by atoms with Gasteiger partial charge in [-0.1, -0.05) is 98.4 Å². The predicted octanol–water partition coefficient (Wildman–Crippen LogP) is 11.6. The summed E-state index contributed by atoms with van der Waals surface area (Å²) >= 11 is 0. The molecule has 0 spiro atoms. The topological polar surface area (TPSA) is 144 Å². The zero-order valence-electron chi connectivity index (χ0n) is 44.0. The van der Waals surface area contributed by atoms with Gasteiger partial charge < -0.3 is 45.3 Å². The molecule has 0 bridgehead atoms. The normalized spacial score (nSPS) is 13.1. The molecule has 412 valence electrons. The smallest absolute Gasteiger partial charge is 0.187 e. The lowest BCUT2D eigenvalue weighted by molar-refractivity contribution is 0.0638. The molecule has 0 radical (unpaired) electrons. The second kappa shape index (κ2) is 32.0. The molecule has 6 rings (SSSR count). The van der Waals surface area contributed by atoms with Gasteiger partial charge in [0.15, 0.2) is 17.1 Å². The maximum absolute atomic E-state index is 13.3. The SMILES string of the molecule is C.I.[C-]#[N+]c1ccc(C(O)(CCCN(C)C)c2ccc(F)cc2)c(CO)c1.[C-]#[N+]c1ccc([C@](O)(CCCN(C)C)c2ccc(F)cc2)c(CO)c1.[C-]#[N+]c1ccc([C@](O)(CCCN(C)C)c2ccc(F)cc2)c(CO)c1. The summed E-state index contributed by atoms with van der Waals surface area (Å²) in [5.74, 6) is -1.11. The predicted molar refractivity (Wildman–Crippen MR) is 310 cm³/mol. The number of aliphatic hydroxyl groups excluding tert-OH is 3. The summed E-state index contributed by atoms with van der Waals surface area (Å²) in [4.78, 5) is 16.2. The van der Waals surface area contributed by atoms with Gasteiger partial charge in [0.05, 0.1) is 39.5 Å². The molecule has 0 fully saturated rings. The molecule has 12 nitrogen and oxygen atoms in total. The molecule has 0 aliphatic carbocycles.